The van der Waals surface area contributed by atoms with Crippen molar-refractivity contribution >= 4 is 0 Å². The molecule has 0 radical (unpaired) electrons. The Bertz CT molecular complexity index is 807. The van der Waals surface area contributed by atoms with Crippen molar-refractivity contribution in [1.29, 1.82) is 0 Å². The van der Waals surface area contributed by atoms with Gasteiger partial charge >= 0.3 is 0 Å². The molecule has 0 bridgehead atoms. The van der Waals surface area contributed by atoms with Crippen molar-refractivity contribution in [3.63, 3.8) is 0 Å². The van der Waals surface area contributed by atoms with Gasteiger partial charge in [-0.15, -0.1) is 0 Å². The second kappa shape index (κ2) is 9.69. The van der Waals surface area contributed by atoms with Gasteiger partial charge in [0.2, 0.25) is 0 Å². The Labute approximate surface area is 173 Å². The van der Waals surface area contributed by atoms with E-state index in [2.05, 4.69) is 26.3 Å². The second-order valence-corrected chi connectivity index (χ2v) is 7.02. The molecule has 0 spiro atoms. The summed E-state index contributed by atoms with van der Waals surface area (Å²) in [6.07, 6.45) is 0.611. The molecule has 0 aliphatic rings. The SMILES string of the molecule is C=C(C)Oc1cc(Cc2cc(OC(=C)C)cc(OC(=C)C)c2)cc(OC(=C)C)c1. The summed E-state index contributed by atoms with van der Waals surface area (Å²) >= 11 is 0. The average molecular weight is 392 g/mol. The van der Waals surface area contributed by atoms with Crippen LogP contribution in [0.15, 0.2) is 85.8 Å². The summed E-state index contributed by atoms with van der Waals surface area (Å²) in [5, 5.41) is 0. The van der Waals surface area contributed by atoms with E-state index in [1.54, 1.807) is 27.7 Å². The van der Waals surface area contributed by atoms with Crippen LogP contribution in [0.3, 0.4) is 0 Å². The third kappa shape index (κ3) is 7.62. The fraction of sp³-hybridized carbons (Fsp3) is 0.200. The molecular formula is C25H28O4. The Morgan fingerprint density at radius 2 is 0.759 bits per heavy atom. The predicted octanol–water partition coefficient (Wildman–Crippen LogP) is 6.93. The van der Waals surface area contributed by atoms with Crippen LogP contribution in [0.4, 0.5) is 0 Å². The maximum atomic E-state index is 5.69. The highest BCUT2D eigenvalue weighted by molar-refractivity contribution is 5.45. The van der Waals surface area contributed by atoms with Crippen LogP contribution in [-0.2, 0) is 6.42 Å². The molecular weight excluding hydrogens is 364 g/mol. The van der Waals surface area contributed by atoms with Crippen LogP contribution in [-0.4, -0.2) is 0 Å². The lowest BCUT2D eigenvalue weighted by Crippen LogP contribution is -1.98. The predicted molar refractivity (Wildman–Crippen MR) is 117 cm³/mol. The maximum absolute atomic E-state index is 5.69. The first-order valence-corrected chi connectivity index (χ1v) is 9.22. The zero-order valence-electron chi connectivity index (χ0n) is 17.6. The van der Waals surface area contributed by atoms with E-state index in [0.29, 0.717) is 52.5 Å². The molecule has 0 atom stereocenters. The molecule has 2 rings (SSSR count). The van der Waals surface area contributed by atoms with Crippen molar-refractivity contribution in [3.8, 4) is 23.0 Å². The van der Waals surface area contributed by atoms with E-state index in [-0.39, 0.29) is 0 Å². The van der Waals surface area contributed by atoms with Gasteiger partial charge in [0.25, 0.3) is 0 Å². The summed E-state index contributed by atoms with van der Waals surface area (Å²) in [5.74, 6) is 4.99. The molecule has 0 unspecified atom stereocenters. The van der Waals surface area contributed by atoms with Gasteiger partial charge in [-0.05, 0) is 69.5 Å². The molecule has 29 heavy (non-hydrogen) atoms. The lowest BCUT2D eigenvalue weighted by Gasteiger charge is -2.14. The maximum Gasteiger partial charge on any atom is 0.130 e. The van der Waals surface area contributed by atoms with Gasteiger partial charge in [0.05, 0.1) is 23.0 Å². The molecule has 0 saturated carbocycles. The van der Waals surface area contributed by atoms with Crippen LogP contribution in [0, 0.1) is 0 Å². The lowest BCUT2D eigenvalue weighted by atomic mass is 10.0. The third-order valence-corrected chi connectivity index (χ3v) is 3.46. The fourth-order valence-electron chi connectivity index (χ4n) is 2.74. The Morgan fingerprint density at radius 3 is 0.966 bits per heavy atom. The highest BCUT2D eigenvalue weighted by Gasteiger charge is 2.09. The van der Waals surface area contributed by atoms with Crippen molar-refractivity contribution in [2.24, 2.45) is 0 Å². The van der Waals surface area contributed by atoms with E-state index >= 15 is 0 Å². The van der Waals surface area contributed by atoms with Crippen molar-refractivity contribution in [2.75, 3.05) is 0 Å². The van der Waals surface area contributed by atoms with Crippen molar-refractivity contribution < 1.29 is 18.9 Å². The summed E-state index contributed by atoms with van der Waals surface area (Å²) in [4.78, 5) is 0. The topological polar surface area (TPSA) is 36.9 Å². The van der Waals surface area contributed by atoms with E-state index in [1.165, 1.54) is 0 Å². The van der Waals surface area contributed by atoms with Gasteiger partial charge in [0, 0.05) is 12.1 Å². The van der Waals surface area contributed by atoms with Gasteiger partial charge in [0.15, 0.2) is 0 Å². The number of allylic oxidation sites excluding steroid dienone is 4. The van der Waals surface area contributed by atoms with E-state index in [9.17, 15) is 0 Å². The minimum atomic E-state index is 0.595. The van der Waals surface area contributed by atoms with Crippen LogP contribution >= 0.6 is 0 Å². The van der Waals surface area contributed by atoms with E-state index in [0.717, 1.165) is 11.1 Å². The molecule has 0 N–H and O–H groups in total. The van der Waals surface area contributed by atoms with Crippen LogP contribution in [0.2, 0.25) is 0 Å². The zero-order valence-corrected chi connectivity index (χ0v) is 17.6. The largest absolute Gasteiger partial charge is 0.463 e. The molecule has 0 saturated heterocycles. The summed E-state index contributed by atoms with van der Waals surface area (Å²) in [5.41, 5.74) is 1.99. The number of benzene rings is 2. The quantitative estimate of drug-likeness (QED) is 0.411. The summed E-state index contributed by atoms with van der Waals surface area (Å²) in [6.45, 7) is 22.4. The van der Waals surface area contributed by atoms with Gasteiger partial charge in [-0.2, -0.15) is 0 Å². The van der Waals surface area contributed by atoms with Crippen molar-refractivity contribution in [1.82, 2.24) is 0 Å². The van der Waals surface area contributed by atoms with Gasteiger partial charge in [-0.1, -0.05) is 26.3 Å². The molecule has 4 nitrogen and oxygen atoms in total. The fourth-order valence-corrected chi connectivity index (χ4v) is 2.74. The molecule has 2 aromatic carbocycles. The first kappa shape index (κ1) is 21.9. The van der Waals surface area contributed by atoms with E-state index in [1.807, 2.05) is 36.4 Å². The van der Waals surface area contributed by atoms with Crippen molar-refractivity contribution in [3.05, 3.63) is 96.9 Å². The Morgan fingerprint density at radius 1 is 0.517 bits per heavy atom. The van der Waals surface area contributed by atoms with Crippen molar-refractivity contribution in [2.45, 2.75) is 34.1 Å². The first-order chi connectivity index (χ1) is 13.6. The van der Waals surface area contributed by atoms with Gasteiger partial charge in [0.1, 0.15) is 23.0 Å². The minimum absolute atomic E-state index is 0.595. The normalized spacial score (nSPS) is 10.1. The summed E-state index contributed by atoms with van der Waals surface area (Å²) in [6, 6.07) is 11.4. The smallest absolute Gasteiger partial charge is 0.130 e. The van der Waals surface area contributed by atoms with Gasteiger partial charge in [-0.25, -0.2) is 0 Å². The molecule has 0 amide bonds. The molecule has 152 valence electrons. The molecule has 4 heteroatoms. The van der Waals surface area contributed by atoms with Crippen LogP contribution in [0.25, 0.3) is 0 Å². The van der Waals surface area contributed by atoms with Crippen LogP contribution in [0.1, 0.15) is 38.8 Å². The average Bonchev–Trinajstić information content (AvgIpc) is 2.51. The minimum Gasteiger partial charge on any atom is -0.463 e. The number of hydrogen-bond acceptors (Lipinski definition) is 4. The van der Waals surface area contributed by atoms with Crippen LogP contribution < -0.4 is 18.9 Å². The Hall–Kier alpha value is -3.40. The monoisotopic (exact) mass is 392 g/mol. The van der Waals surface area contributed by atoms with Gasteiger partial charge < -0.3 is 18.9 Å². The molecule has 0 heterocycles. The zero-order chi connectivity index (χ0) is 21.6. The van der Waals surface area contributed by atoms with Crippen LogP contribution in [0.5, 0.6) is 23.0 Å². The van der Waals surface area contributed by atoms with E-state index in [4.69, 9.17) is 18.9 Å². The highest BCUT2D eigenvalue weighted by Crippen LogP contribution is 2.30. The number of hydrogen-bond donors (Lipinski definition) is 0. The molecule has 0 aliphatic heterocycles. The van der Waals surface area contributed by atoms with E-state index < -0.39 is 0 Å². The Balaban J connectivity index is 2.41. The highest BCUT2D eigenvalue weighted by atomic mass is 16.5. The van der Waals surface area contributed by atoms with Gasteiger partial charge in [-0.3, -0.25) is 0 Å². The molecule has 0 aromatic heterocycles. The second-order valence-electron chi connectivity index (χ2n) is 7.02. The molecule has 2 aromatic rings. The number of rotatable bonds is 10. The standard InChI is InChI=1S/C25H28O4/c1-16(2)26-22-10-20(11-23(14-22)27-17(3)4)9-21-12-24(28-18(5)6)15-25(13-21)29-19(7)8/h10-15H,1,3,5,7,9H2,2,4,6,8H3. The molecule has 0 fully saturated rings. The Kier molecular flexibility index (Phi) is 7.32. The number of ether oxygens (including phenoxy) is 4. The summed E-state index contributed by atoms with van der Waals surface area (Å²) in [7, 11) is 0. The lowest BCUT2D eigenvalue weighted by molar-refractivity contribution is 0.409. The first-order valence-electron chi connectivity index (χ1n) is 9.22. The molecule has 0 aliphatic carbocycles. The third-order valence-electron chi connectivity index (χ3n) is 3.46. The summed E-state index contributed by atoms with van der Waals surface area (Å²) < 4.78 is 22.8.